The lowest BCUT2D eigenvalue weighted by atomic mass is 10.2. The molecule has 22 heavy (non-hydrogen) atoms. The van der Waals surface area contributed by atoms with E-state index in [2.05, 4.69) is 20.8 Å². The first-order valence-corrected chi connectivity index (χ1v) is 7.44. The van der Waals surface area contributed by atoms with Gasteiger partial charge in [-0.25, -0.2) is 4.68 Å². The number of nitrogens with one attached hydrogen (secondary N) is 1. The zero-order chi connectivity index (χ0) is 15.1. The second-order valence-corrected chi connectivity index (χ2v) is 5.45. The summed E-state index contributed by atoms with van der Waals surface area (Å²) >= 11 is 1.60. The molecule has 0 bridgehead atoms. The highest BCUT2D eigenvalue weighted by Gasteiger charge is 2.05. The summed E-state index contributed by atoms with van der Waals surface area (Å²) in [6.45, 7) is 1.46. The quantitative estimate of drug-likeness (QED) is 0.337. The largest absolute Gasteiger partial charge is 0.313 e. The van der Waals surface area contributed by atoms with Crippen molar-refractivity contribution >= 4 is 29.9 Å². The lowest BCUT2D eigenvalue weighted by molar-refractivity contribution is -0.384. The molecule has 0 spiro atoms. The third kappa shape index (κ3) is 5.58. The monoisotopic (exact) mass is 344 g/mol. The molecule has 1 N–H and O–H groups in total. The number of nitro benzene ring substituents is 1. The van der Waals surface area contributed by atoms with Crippen LogP contribution in [-0.2, 0) is 13.6 Å². The van der Waals surface area contributed by atoms with Gasteiger partial charge in [0, 0.05) is 31.5 Å². The van der Waals surface area contributed by atoms with Crippen LogP contribution in [0.4, 0.5) is 5.69 Å². The number of rotatable bonds is 8. The van der Waals surface area contributed by atoms with Crippen molar-refractivity contribution in [3.05, 3.63) is 39.9 Å². The number of aromatic nitrogens is 4. The number of hydrogen-bond donors (Lipinski definition) is 1. The van der Waals surface area contributed by atoms with E-state index in [4.69, 9.17) is 0 Å². The van der Waals surface area contributed by atoms with Gasteiger partial charge in [-0.15, -0.1) is 17.5 Å². The van der Waals surface area contributed by atoms with Crippen molar-refractivity contribution in [2.75, 3.05) is 12.3 Å². The van der Waals surface area contributed by atoms with Gasteiger partial charge < -0.3 is 5.32 Å². The second kappa shape index (κ2) is 9.34. The third-order valence-corrected chi connectivity index (χ3v) is 3.86. The lowest BCUT2D eigenvalue weighted by Crippen LogP contribution is -2.15. The first kappa shape index (κ1) is 18.3. The molecule has 0 atom stereocenters. The van der Waals surface area contributed by atoms with E-state index in [1.807, 2.05) is 13.1 Å². The average molecular weight is 345 g/mol. The number of hydrogen-bond acceptors (Lipinski definition) is 7. The Bertz CT molecular complexity index is 609. The maximum absolute atomic E-state index is 10.7. The molecule has 0 saturated carbocycles. The summed E-state index contributed by atoms with van der Waals surface area (Å²) < 4.78 is 1.64. The van der Waals surface area contributed by atoms with E-state index < -0.39 is 0 Å². The molecular weight excluding hydrogens is 328 g/mol. The van der Waals surface area contributed by atoms with Crippen LogP contribution < -0.4 is 5.32 Å². The molecule has 0 unspecified atom stereocenters. The molecule has 1 aromatic carbocycles. The van der Waals surface area contributed by atoms with Gasteiger partial charge in [0.05, 0.1) is 4.92 Å². The molecule has 2 rings (SSSR count). The summed E-state index contributed by atoms with van der Waals surface area (Å²) in [5.41, 5.74) is 1.04. The van der Waals surface area contributed by atoms with Crippen molar-refractivity contribution in [1.29, 1.82) is 0 Å². The maximum Gasteiger partial charge on any atom is 0.269 e. The normalized spacial score (nSPS) is 10.2. The van der Waals surface area contributed by atoms with Crippen LogP contribution in [-0.4, -0.2) is 37.4 Å². The minimum atomic E-state index is -0.380. The predicted molar refractivity (Wildman–Crippen MR) is 86.2 cm³/mol. The minimum Gasteiger partial charge on any atom is -0.313 e. The Kier molecular flexibility index (Phi) is 7.78. The summed E-state index contributed by atoms with van der Waals surface area (Å²) in [6, 6.07) is 6.66. The van der Waals surface area contributed by atoms with Crippen LogP contribution in [0.15, 0.2) is 29.4 Å². The van der Waals surface area contributed by atoms with Crippen molar-refractivity contribution < 1.29 is 4.92 Å². The fourth-order valence-corrected chi connectivity index (χ4v) is 2.51. The van der Waals surface area contributed by atoms with Crippen molar-refractivity contribution in [1.82, 2.24) is 25.5 Å². The molecule has 0 aliphatic rings. The van der Waals surface area contributed by atoms with Gasteiger partial charge in [-0.1, -0.05) is 23.9 Å². The van der Waals surface area contributed by atoms with Crippen molar-refractivity contribution in [3.8, 4) is 0 Å². The van der Waals surface area contributed by atoms with Gasteiger partial charge in [-0.2, -0.15) is 0 Å². The second-order valence-electron chi connectivity index (χ2n) is 4.39. The van der Waals surface area contributed by atoms with E-state index in [0.717, 1.165) is 29.4 Å². The SMILES string of the molecule is Cl.Cn1nnnc1SCCCNCc1cccc([N+](=O)[O-])c1. The van der Waals surface area contributed by atoms with Gasteiger partial charge >= 0.3 is 0 Å². The summed E-state index contributed by atoms with van der Waals surface area (Å²) in [4.78, 5) is 10.3. The van der Waals surface area contributed by atoms with Crippen LogP contribution in [0, 0.1) is 10.1 Å². The molecule has 1 aromatic heterocycles. The molecule has 120 valence electrons. The molecular formula is C12H17ClN6O2S. The standard InChI is InChI=1S/C12H16N6O2S.ClH/c1-17-12(14-15-16-17)21-7-3-6-13-9-10-4-2-5-11(8-10)18(19)20;/h2,4-5,8,13H,3,6-7,9H2,1H3;1H. The van der Waals surface area contributed by atoms with E-state index >= 15 is 0 Å². The van der Waals surface area contributed by atoms with Crippen molar-refractivity contribution in [3.63, 3.8) is 0 Å². The fraction of sp³-hybridized carbons (Fsp3) is 0.417. The van der Waals surface area contributed by atoms with Crippen LogP contribution in [0.1, 0.15) is 12.0 Å². The van der Waals surface area contributed by atoms with Crippen molar-refractivity contribution in [2.24, 2.45) is 7.05 Å². The lowest BCUT2D eigenvalue weighted by Gasteiger charge is -2.04. The van der Waals surface area contributed by atoms with Crippen LogP contribution in [0.2, 0.25) is 0 Å². The van der Waals surface area contributed by atoms with Crippen LogP contribution in [0.25, 0.3) is 0 Å². The molecule has 1 heterocycles. The van der Waals surface area contributed by atoms with Crippen LogP contribution >= 0.6 is 24.2 Å². The zero-order valence-electron chi connectivity index (χ0n) is 12.0. The highest BCUT2D eigenvalue weighted by molar-refractivity contribution is 7.99. The van der Waals surface area contributed by atoms with Gasteiger partial charge in [0.15, 0.2) is 0 Å². The Balaban J connectivity index is 0.00000242. The number of nitro groups is 1. The van der Waals surface area contributed by atoms with Gasteiger partial charge in [-0.3, -0.25) is 10.1 Å². The Morgan fingerprint density at radius 2 is 2.27 bits per heavy atom. The summed E-state index contributed by atoms with van der Waals surface area (Å²) in [7, 11) is 1.81. The maximum atomic E-state index is 10.7. The molecule has 10 heteroatoms. The zero-order valence-corrected chi connectivity index (χ0v) is 13.6. The van der Waals surface area contributed by atoms with Crippen molar-refractivity contribution in [2.45, 2.75) is 18.1 Å². The van der Waals surface area contributed by atoms with E-state index in [0.29, 0.717) is 6.54 Å². The Morgan fingerprint density at radius 3 is 2.95 bits per heavy atom. The first-order chi connectivity index (χ1) is 10.2. The molecule has 0 amide bonds. The van der Waals surface area contributed by atoms with Crippen LogP contribution in [0.3, 0.4) is 0 Å². The highest BCUT2D eigenvalue weighted by Crippen LogP contribution is 2.14. The molecule has 2 aromatic rings. The number of halogens is 1. The molecule has 0 aliphatic heterocycles. The summed E-state index contributed by atoms with van der Waals surface area (Å²) in [6.07, 6.45) is 0.965. The molecule has 0 aliphatic carbocycles. The number of nitrogens with zero attached hydrogens (tertiary/aromatic N) is 5. The number of non-ortho nitro benzene ring substituents is 1. The number of benzene rings is 1. The first-order valence-electron chi connectivity index (χ1n) is 6.46. The molecule has 0 radical (unpaired) electrons. The number of aryl methyl sites for hydroxylation is 1. The number of tetrazole rings is 1. The Labute approximate surface area is 138 Å². The fourth-order valence-electron chi connectivity index (χ4n) is 1.72. The predicted octanol–water partition coefficient (Wildman–Crippen LogP) is 1.81. The number of thioether (sulfide) groups is 1. The van der Waals surface area contributed by atoms with E-state index in [1.165, 1.54) is 6.07 Å². The topological polar surface area (TPSA) is 98.8 Å². The van der Waals surface area contributed by atoms with Gasteiger partial charge in [0.1, 0.15) is 0 Å². The summed E-state index contributed by atoms with van der Waals surface area (Å²) in [5, 5.41) is 26.0. The third-order valence-electron chi connectivity index (χ3n) is 2.76. The van der Waals surface area contributed by atoms with Gasteiger partial charge in [0.2, 0.25) is 5.16 Å². The van der Waals surface area contributed by atoms with Gasteiger partial charge in [-0.05, 0) is 29.0 Å². The molecule has 0 saturated heterocycles. The summed E-state index contributed by atoms with van der Waals surface area (Å²) in [5.74, 6) is 0.913. The van der Waals surface area contributed by atoms with E-state index in [9.17, 15) is 10.1 Å². The van der Waals surface area contributed by atoms with Gasteiger partial charge in [0.25, 0.3) is 5.69 Å². The Morgan fingerprint density at radius 1 is 1.45 bits per heavy atom. The molecule has 8 nitrogen and oxygen atoms in total. The van der Waals surface area contributed by atoms with E-state index in [-0.39, 0.29) is 23.0 Å². The smallest absolute Gasteiger partial charge is 0.269 e. The highest BCUT2D eigenvalue weighted by atomic mass is 35.5. The molecule has 0 fully saturated rings. The van der Waals surface area contributed by atoms with E-state index in [1.54, 1.807) is 28.6 Å². The van der Waals surface area contributed by atoms with Crippen LogP contribution in [0.5, 0.6) is 0 Å². The Hall–Kier alpha value is -1.71. The minimum absolute atomic E-state index is 0. The average Bonchev–Trinajstić information content (AvgIpc) is 2.88.